The van der Waals surface area contributed by atoms with Crippen molar-refractivity contribution in [1.82, 2.24) is 5.32 Å². The Balaban J connectivity index is 1.67. The maximum Gasteiger partial charge on any atom is 0.407 e. The van der Waals surface area contributed by atoms with E-state index in [0.29, 0.717) is 26.3 Å². The topological polar surface area (TPSA) is 59.9 Å². The predicted molar refractivity (Wildman–Crippen MR) is 98.4 cm³/mol. The van der Waals surface area contributed by atoms with Crippen LogP contribution in [-0.4, -0.2) is 30.7 Å². The zero-order chi connectivity index (χ0) is 17.6. The summed E-state index contributed by atoms with van der Waals surface area (Å²) in [7, 11) is 0. The van der Waals surface area contributed by atoms with E-state index in [1.165, 1.54) is 5.56 Å². The van der Waals surface area contributed by atoms with E-state index < -0.39 is 11.7 Å². The molecule has 0 fully saturated rings. The van der Waals surface area contributed by atoms with Crippen molar-refractivity contribution in [3.8, 4) is 0 Å². The Labute approximate surface area is 151 Å². The Morgan fingerprint density at radius 2 is 2.21 bits per heavy atom. The first kappa shape index (κ1) is 18.7. The standard InChI is InChI=1S/C18H23BrN2O3/c1-18(2,3)24-17(22)21-7-4-8-23-12-13-5-6-14-10-20-11-16(19)15(14)9-13/h5-6,9H,4,7-8,10,12H2,1-3H3,(H,21,22). The molecule has 1 amide bonds. The molecule has 1 aliphatic rings. The zero-order valence-electron chi connectivity index (χ0n) is 14.3. The van der Waals surface area contributed by atoms with E-state index in [1.54, 1.807) is 0 Å². The Morgan fingerprint density at radius 3 is 2.96 bits per heavy atom. The lowest BCUT2D eigenvalue weighted by molar-refractivity contribution is 0.0518. The number of ether oxygens (including phenoxy) is 2. The molecule has 0 bridgehead atoms. The number of hydrogen-bond acceptors (Lipinski definition) is 4. The number of carbonyl (C=O) groups is 1. The molecule has 1 aliphatic heterocycles. The molecule has 0 saturated carbocycles. The number of rotatable bonds is 6. The summed E-state index contributed by atoms with van der Waals surface area (Å²) in [6.07, 6.45) is 0.343. The maximum atomic E-state index is 11.5. The smallest absolute Gasteiger partial charge is 0.407 e. The van der Waals surface area contributed by atoms with Crippen LogP contribution in [-0.2, 0) is 22.6 Å². The third kappa shape index (κ3) is 6.11. The van der Waals surface area contributed by atoms with E-state index >= 15 is 0 Å². The minimum Gasteiger partial charge on any atom is -0.444 e. The molecule has 0 radical (unpaired) electrons. The molecule has 0 saturated heterocycles. The normalized spacial score (nSPS) is 13.2. The monoisotopic (exact) mass is 394 g/mol. The number of fused-ring (bicyclic) bond motifs is 1. The van der Waals surface area contributed by atoms with E-state index in [-0.39, 0.29) is 0 Å². The third-order valence-corrected chi connectivity index (χ3v) is 3.84. The SMILES string of the molecule is CC(C)(C)OC(=O)NCCCOCc1ccc2c(c1)C(Br)=C=NC2. The van der Waals surface area contributed by atoms with Crippen LogP contribution in [0.25, 0.3) is 4.48 Å². The largest absolute Gasteiger partial charge is 0.444 e. The number of halogens is 1. The molecule has 1 aromatic carbocycles. The van der Waals surface area contributed by atoms with Crippen LogP contribution in [0.1, 0.15) is 43.9 Å². The van der Waals surface area contributed by atoms with Gasteiger partial charge in [0.1, 0.15) is 5.60 Å². The van der Waals surface area contributed by atoms with Gasteiger partial charge in [0.25, 0.3) is 0 Å². The van der Waals surface area contributed by atoms with Gasteiger partial charge in [-0.15, -0.1) is 0 Å². The minimum absolute atomic E-state index is 0.393. The van der Waals surface area contributed by atoms with Crippen LogP contribution in [0, 0.1) is 0 Å². The van der Waals surface area contributed by atoms with Crippen LogP contribution < -0.4 is 5.32 Å². The molecule has 0 aliphatic carbocycles. The highest BCUT2D eigenvalue weighted by Gasteiger charge is 2.15. The Morgan fingerprint density at radius 1 is 1.42 bits per heavy atom. The molecule has 24 heavy (non-hydrogen) atoms. The first-order valence-corrected chi connectivity index (χ1v) is 8.76. The third-order valence-electron chi connectivity index (χ3n) is 3.24. The average Bonchev–Trinajstić information content (AvgIpc) is 2.49. The van der Waals surface area contributed by atoms with Crippen molar-refractivity contribution in [1.29, 1.82) is 0 Å². The van der Waals surface area contributed by atoms with Gasteiger partial charge in [0.05, 0.1) is 17.6 Å². The fraction of sp³-hybridized carbons (Fsp3) is 0.500. The second-order valence-corrected chi connectivity index (χ2v) is 7.36. The van der Waals surface area contributed by atoms with Crippen molar-refractivity contribution in [2.75, 3.05) is 13.2 Å². The highest BCUT2D eigenvalue weighted by Crippen LogP contribution is 2.27. The lowest BCUT2D eigenvalue weighted by Gasteiger charge is -2.19. The van der Waals surface area contributed by atoms with Gasteiger partial charge in [0.2, 0.25) is 0 Å². The molecule has 1 heterocycles. The van der Waals surface area contributed by atoms with Gasteiger partial charge in [-0.3, -0.25) is 0 Å². The molecular formula is C18H23BrN2O3. The molecule has 130 valence electrons. The Kier molecular flexibility index (Phi) is 6.60. The van der Waals surface area contributed by atoms with E-state index in [0.717, 1.165) is 22.0 Å². The molecule has 0 aromatic heterocycles. The number of hydrogen-bond donors (Lipinski definition) is 1. The lowest BCUT2D eigenvalue weighted by Crippen LogP contribution is -2.33. The van der Waals surface area contributed by atoms with Crippen LogP contribution in [0.2, 0.25) is 0 Å². The minimum atomic E-state index is -0.472. The lowest BCUT2D eigenvalue weighted by atomic mass is 10.0. The van der Waals surface area contributed by atoms with Crippen molar-refractivity contribution in [2.45, 2.75) is 45.9 Å². The van der Waals surface area contributed by atoms with Crippen molar-refractivity contribution in [3.63, 3.8) is 0 Å². The number of aliphatic imine (C=N–C) groups is 1. The molecule has 0 spiro atoms. The fourth-order valence-corrected chi connectivity index (χ4v) is 2.67. The molecule has 1 N–H and O–H groups in total. The summed E-state index contributed by atoms with van der Waals surface area (Å²) in [6, 6.07) is 6.22. The van der Waals surface area contributed by atoms with Crippen molar-refractivity contribution in [3.05, 3.63) is 34.9 Å². The van der Waals surface area contributed by atoms with Gasteiger partial charge in [-0.1, -0.05) is 12.1 Å². The van der Waals surface area contributed by atoms with Crippen molar-refractivity contribution in [2.24, 2.45) is 4.99 Å². The summed E-state index contributed by atoms with van der Waals surface area (Å²) in [4.78, 5) is 15.6. The van der Waals surface area contributed by atoms with E-state index in [4.69, 9.17) is 9.47 Å². The van der Waals surface area contributed by atoms with E-state index in [9.17, 15) is 4.79 Å². The number of alkyl carbamates (subject to hydrolysis) is 1. The molecule has 5 nitrogen and oxygen atoms in total. The van der Waals surface area contributed by atoms with Crippen molar-refractivity contribution < 1.29 is 14.3 Å². The van der Waals surface area contributed by atoms with Crippen LogP contribution in [0.4, 0.5) is 4.79 Å². The summed E-state index contributed by atoms with van der Waals surface area (Å²) in [5, 5.41) is 2.72. The highest BCUT2D eigenvalue weighted by atomic mass is 79.9. The van der Waals surface area contributed by atoms with Crippen LogP contribution in [0.5, 0.6) is 0 Å². The molecule has 0 unspecified atom stereocenters. The second-order valence-electron chi connectivity index (χ2n) is 6.57. The van der Waals surface area contributed by atoms with E-state index in [2.05, 4.69) is 50.3 Å². The molecule has 0 atom stereocenters. The number of amides is 1. The quantitative estimate of drug-likeness (QED) is 0.740. The van der Waals surface area contributed by atoms with Gasteiger partial charge in [0.15, 0.2) is 0 Å². The van der Waals surface area contributed by atoms with Gasteiger partial charge < -0.3 is 14.8 Å². The molecule has 1 aromatic rings. The van der Waals surface area contributed by atoms with Crippen molar-refractivity contribution >= 4 is 32.4 Å². The van der Waals surface area contributed by atoms with Crippen LogP contribution in [0.15, 0.2) is 23.2 Å². The van der Waals surface area contributed by atoms with Gasteiger partial charge in [-0.25, -0.2) is 9.79 Å². The van der Waals surface area contributed by atoms with Gasteiger partial charge in [-0.05, 0) is 66.2 Å². The summed E-state index contributed by atoms with van der Waals surface area (Å²) in [5.41, 5.74) is 2.94. The highest BCUT2D eigenvalue weighted by molar-refractivity contribution is 9.15. The van der Waals surface area contributed by atoms with Crippen LogP contribution >= 0.6 is 15.9 Å². The van der Waals surface area contributed by atoms with Crippen LogP contribution in [0.3, 0.4) is 0 Å². The first-order valence-electron chi connectivity index (χ1n) is 7.97. The summed E-state index contributed by atoms with van der Waals surface area (Å²) >= 11 is 3.48. The Bertz CT molecular complexity index is 659. The summed E-state index contributed by atoms with van der Waals surface area (Å²) < 4.78 is 11.7. The van der Waals surface area contributed by atoms with Gasteiger partial charge in [-0.2, -0.15) is 0 Å². The second kappa shape index (κ2) is 8.47. The van der Waals surface area contributed by atoms with E-state index in [1.807, 2.05) is 20.8 Å². The molecule has 2 rings (SSSR count). The van der Waals surface area contributed by atoms with Gasteiger partial charge >= 0.3 is 6.09 Å². The first-order chi connectivity index (χ1) is 11.3. The summed E-state index contributed by atoms with van der Waals surface area (Å²) in [5.74, 6) is 2.94. The Hall–Kier alpha value is -1.62. The molecule has 6 heteroatoms. The number of nitrogens with zero attached hydrogens (tertiary/aromatic N) is 1. The average molecular weight is 395 g/mol. The number of nitrogens with one attached hydrogen (secondary N) is 1. The fourth-order valence-electron chi connectivity index (χ4n) is 2.18. The molecular weight excluding hydrogens is 372 g/mol. The van der Waals surface area contributed by atoms with Gasteiger partial charge in [0, 0.05) is 18.7 Å². The zero-order valence-corrected chi connectivity index (χ0v) is 15.9. The predicted octanol–water partition coefficient (Wildman–Crippen LogP) is 4.04. The summed E-state index contributed by atoms with van der Waals surface area (Å²) in [6.45, 7) is 7.84. The number of carbonyl (C=O) groups excluding carboxylic acids is 1. The number of benzene rings is 1. The maximum absolute atomic E-state index is 11.5.